The summed E-state index contributed by atoms with van der Waals surface area (Å²) in [6, 6.07) is 0.338. The van der Waals surface area contributed by atoms with Crippen molar-refractivity contribution in [1.82, 2.24) is 16.0 Å². The summed E-state index contributed by atoms with van der Waals surface area (Å²) in [6.45, 7) is 9.95. The Balaban J connectivity index is 1.62. The molecule has 3 aliphatic rings. The minimum atomic E-state index is 0.0543. The molecule has 0 aromatic rings. The molecule has 2 heterocycles. The van der Waals surface area contributed by atoms with Crippen LogP contribution in [0.3, 0.4) is 0 Å². The molecule has 0 bridgehead atoms. The van der Waals surface area contributed by atoms with Gasteiger partial charge >= 0.3 is 0 Å². The zero-order chi connectivity index (χ0) is 15.3. The number of carbonyl (C=O) groups excluding carboxylic acids is 1. The van der Waals surface area contributed by atoms with E-state index in [1.165, 1.54) is 19.3 Å². The Morgan fingerprint density at radius 1 is 1.10 bits per heavy atom. The third-order valence-corrected chi connectivity index (χ3v) is 5.57. The van der Waals surface area contributed by atoms with Crippen molar-refractivity contribution >= 4 is 5.91 Å². The van der Waals surface area contributed by atoms with Crippen molar-refractivity contribution < 1.29 is 4.79 Å². The van der Waals surface area contributed by atoms with Crippen LogP contribution in [0.15, 0.2) is 0 Å². The summed E-state index contributed by atoms with van der Waals surface area (Å²) >= 11 is 0. The molecule has 1 aliphatic carbocycles. The van der Waals surface area contributed by atoms with E-state index >= 15 is 0 Å². The lowest BCUT2D eigenvalue weighted by Crippen LogP contribution is -2.63. The first-order valence-electron chi connectivity index (χ1n) is 8.59. The summed E-state index contributed by atoms with van der Waals surface area (Å²) < 4.78 is 0. The van der Waals surface area contributed by atoms with Gasteiger partial charge in [0.05, 0.1) is 6.04 Å². The highest BCUT2D eigenvalue weighted by molar-refractivity contribution is 5.83. The number of amides is 1. The van der Waals surface area contributed by atoms with Gasteiger partial charge in [-0.15, -0.1) is 0 Å². The lowest BCUT2D eigenvalue weighted by atomic mass is 9.79. The first-order valence-corrected chi connectivity index (χ1v) is 8.59. The molecule has 21 heavy (non-hydrogen) atoms. The van der Waals surface area contributed by atoms with Crippen LogP contribution in [0.4, 0.5) is 0 Å². The molecule has 3 rings (SSSR count). The van der Waals surface area contributed by atoms with Crippen LogP contribution < -0.4 is 16.0 Å². The van der Waals surface area contributed by atoms with Gasteiger partial charge in [-0.05, 0) is 71.8 Å². The highest BCUT2D eigenvalue weighted by atomic mass is 16.2. The van der Waals surface area contributed by atoms with Crippen molar-refractivity contribution in [3.63, 3.8) is 0 Å². The van der Waals surface area contributed by atoms with Gasteiger partial charge in [0.25, 0.3) is 0 Å². The molecule has 3 unspecified atom stereocenters. The lowest BCUT2D eigenvalue weighted by molar-refractivity contribution is -0.125. The monoisotopic (exact) mass is 293 g/mol. The summed E-state index contributed by atoms with van der Waals surface area (Å²) in [4.78, 5) is 12.7. The molecule has 0 radical (unpaired) electrons. The maximum Gasteiger partial charge on any atom is 0.237 e. The van der Waals surface area contributed by atoms with Gasteiger partial charge in [-0.2, -0.15) is 0 Å². The van der Waals surface area contributed by atoms with Crippen molar-refractivity contribution in [2.75, 3.05) is 6.54 Å². The molecule has 0 aromatic carbocycles. The van der Waals surface area contributed by atoms with Gasteiger partial charge in [-0.3, -0.25) is 4.79 Å². The Labute approximate surface area is 128 Å². The van der Waals surface area contributed by atoms with Crippen molar-refractivity contribution in [3.05, 3.63) is 0 Å². The van der Waals surface area contributed by atoms with Gasteiger partial charge in [-0.1, -0.05) is 6.42 Å². The molecule has 3 N–H and O–H groups in total. The second kappa shape index (κ2) is 5.24. The first kappa shape index (κ1) is 15.3. The number of hydrogen-bond donors (Lipinski definition) is 3. The number of fused-ring (bicyclic) bond motifs is 1. The Morgan fingerprint density at radius 3 is 2.43 bits per heavy atom. The van der Waals surface area contributed by atoms with Crippen LogP contribution in [-0.2, 0) is 4.79 Å². The predicted molar refractivity (Wildman–Crippen MR) is 85.1 cm³/mol. The van der Waals surface area contributed by atoms with Crippen molar-refractivity contribution in [2.45, 2.75) is 83.0 Å². The van der Waals surface area contributed by atoms with E-state index in [9.17, 15) is 4.79 Å². The van der Waals surface area contributed by atoms with E-state index in [0.29, 0.717) is 5.92 Å². The van der Waals surface area contributed by atoms with Gasteiger partial charge < -0.3 is 16.0 Å². The van der Waals surface area contributed by atoms with Gasteiger partial charge in [0, 0.05) is 17.1 Å². The molecular formula is C17H31N3O. The van der Waals surface area contributed by atoms with Gasteiger partial charge in [-0.25, -0.2) is 0 Å². The molecule has 120 valence electrons. The summed E-state index contributed by atoms with van der Waals surface area (Å²) in [6.07, 6.45) is 5.83. The average Bonchev–Trinajstić information content (AvgIpc) is 2.84. The number of hydrogen-bond acceptors (Lipinski definition) is 3. The van der Waals surface area contributed by atoms with Crippen molar-refractivity contribution in [3.8, 4) is 0 Å². The Hall–Kier alpha value is -0.610. The van der Waals surface area contributed by atoms with Crippen molar-refractivity contribution in [1.29, 1.82) is 0 Å². The molecule has 4 heteroatoms. The Bertz CT molecular complexity index is 402. The highest BCUT2D eigenvalue weighted by Gasteiger charge is 2.44. The average molecular weight is 293 g/mol. The maximum atomic E-state index is 12.7. The third kappa shape index (κ3) is 3.26. The smallest absolute Gasteiger partial charge is 0.237 e. The van der Waals surface area contributed by atoms with Gasteiger partial charge in [0.15, 0.2) is 0 Å². The normalized spacial score (nSPS) is 38.2. The molecule has 2 saturated heterocycles. The molecule has 0 spiro atoms. The van der Waals surface area contributed by atoms with Crippen LogP contribution in [0.25, 0.3) is 0 Å². The van der Waals surface area contributed by atoms with Gasteiger partial charge in [0.1, 0.15) is 0 Å². The third-order valence-electron chi connectivity index (χ3n) is 5.57. The quantitative estimate of drug-likeness (QED) is 0.728. The lowest BCUT2D eigenvalue weighted by Gasteiger charge is -2.46. The van der Waals surface area contributed by atoms with Gasteiger partial charge in [0.2, 0.25) is 5.91 Å². The standard InChI is InChI=1S/C17H31N3O/c1-16(2)8-12(9-17(3,4)20-16)19-15(21)14-13-7-5-6-11(13)10-18-14/h11-14,18,20H,5-10H2,1-4H3,(H,19,21). The van der Waals surface area contributed by atoms with Crippen LogP contribution in [0.2, 0.25) is 0 Å². The summed E-state index contributed by atoms with van der Waals surface area (Å²) in [5, 5.41) is 10.5. The van der Waals surface area contributed by atoms with E-state index in [2.05, 4.69) is 43.6 Å². The molecule has 3 fully saturated rings. The fraction of sp³-hybridized carbons (Fsp3) is 0.941. The zero-order valence-corrected chi connectivity index (χ0v) is 14.0. The summed E-state index contributed by atoms with van der Waals surface area (Å²) in [7, 11) is 0. The van der Waals surface area contributed by atoms with E-state index in [1.807, 2.05) is 0 Å². The zero-order valence-electron chi connectivity index (χ0n) is 14.0. The second-order valence-electron chi connectivity index (χ2n) is 8.75. The topological polar surface area (TPSA) is 53.2 Å². The van der Waals surface area contributed by atoms with Crippen LogP contribution in [0, 0.1) is 11.8 Å². The highest BCUT2D eigenvalue weighted by Crippen LogP contribution is 2.38. The van der Waals surface area contributed by atoms with E-state index in [-0.39, 0.29) is 29.1 Å². The second-order valence-corrected chi connectivity index (χ2v) is 8.75. The SMILES string of the molecule is CC1(C)CC(NC(=O)C2NCC3CCCC32)CC(C)(C)N1. The minimum Gasteiger partial charge on any atom is -0.352 e. The Morgan fingerprint density at radius 2 is 1.76 bits per heavy atom. The number of nitrogens with one attached hydrogen (secondary N) is 3. The van der Waals surface area contributed by atoms with Crippen LogP contribution in [0.1, 0.15) is 59.8 Å². The predicted octanol–water partition coefficient (Wildman–Crippen LogP) is 1.80. The van der Waals surface area contributed by atoms with Crippen molar-refractivity contribution in [2.24, 2.45) is 11.8 Å². The molecule has 3 atom stereocenters. The molecule has 0 aromatic heterocycles. The summed E-state index contributed by atoms with van der Waals surface area (Å²) in [5.74, 6) is 1.55. The number of piperidine rings is 1. The van der Waals surface area contributed by atoms with E-state index in [4.69, 9.17) is 0 Å². The number of carbonyl (C=O) groups is 1. The molecular weight excluding hydrogens is 262 g/mol. The Kier molecular flexibility index (Phi) is 3.81. The van der Waals surface area contributed by atoms with E-state index < -0.39 is 0 Å². The maximum absolute atomic E-state index is 12.7. The fourth-order valence-electron chi connectivity index (χ4n) is 5.19. The van der Waals surface area contributed by atoms with Crippen LogP contribution in [0.5, 0.6) is 0 Å². The molecule has 1 amide bonds. The first-order chi connectivity index (χ1) is 9.76. The summed E-state index contributed by atoms with van der Waals surface area (Å²) in [5.41, 5.74) is 0.164. The van der Waals surface area contributed by atoms with E-state index in [0.717, 1.165) is 25.3 Å². The minimum absolute atomic E-state index is 0.0543. The van der Waals surface area contributed by atoms with Crippen LogP contribution >= 0.6 is 0 Å². The molecule has 2 aliphatic heterocycles. The molecule has 1 saturated carbocycles. The molecule has 4 nitrogen and oxygen atoms in total. The van der Waals surface area contributed by atoms with E-state index in [1.54, 1.807) is 0 Å². The number of rotatable bonds is 2. The fourth-order valence-corrected chi connectivity index (χ4v) is 5.19. The van der Waals surface area contributed by atoms with Crippen LogP contribution in [-0.4, -0.2) is 35.6 Å². The largest absolute Gasteiger partial charge is 0.352 e.